The predicted octanol–water partition coefficient (Wildman–Crippen LogP) is 1.17. The van der Waals surface area contributed by atoms with E-state index in [-0.39, 0.29) is 18.3 Å². The zero-order chi connectivity index (χ0) is 12.1. The monoisotopic (exact) mass is 240 g/mol. The van der Waals surface area contributed by atoms with E-state index in [0.29, 0.717) is 39.0 Å². The van der Waals surface area contributed by atoms with Crippen molar-refractivity contribution in [2.75, 3.05) is 33.0 Å². The van der Waals surface area contributed by atoms with Crippen LogP contribution in [0.1, 0.15) is 0 Å². The van der Waals surface area contributed by atoms with Crippen molar-refractivity contribution in [3.8, 4) is 0 Å². The molecule has 17 heavy (non-hydrogen) atoms. The standard InChI is InChI=1S/C13H20O4/c1-3-5-14-7-10-8-16-13-11(15-6-4-2)9-17-12(10)13/h3-4,10-13H,1-2,5-9H2/t10-,11-,12?,13+/m0/s1. The van der Waals surface area contributed by atoms with Crippen LogP contribution in [0, 0.1) is 5.92 Å². The van der Waals surface area contributed by atoms with Gasteiger partial charge in [-0.25, -0.2) is 0 Å². The first-order valence-electron chi connectivity index (χ1n) is 6.01. The van der Waals surface area contributed by atoms with E-state index in [0.717, 1.165) is 0 Å². The molecule has 2 aliphatic rings. The largest absolute Gasteiger partial charge is 0.377 e. The molecule has 4 heteroatoms. The van der Waals surface area contributed by atoms with Gasteiger partial charge in [-0.15, -0.1) is 13.2 Å². The van der Waals surface area contributed by atoms with E-state index in [1.807, 2.05) is 0 Å². The van der Waals surface area contributed by atoms with E-state index in [1.54, 1.807) is 12.2 Å². The van der Waals surface area contributed by atoms with Crippen molar-refractivity contribution in [1.82, 2.24) is 0 Å². The molecule has 0 N–H and O–H groups in total. The summed E-state index contributed by atoms with van der Waals surface area (Å²) in [6, 6.07) is 0. The molecule has 0 saturated carbocycles. The minimum absolute atomic E-state index is 0.0300. The Labute approximate surface area is 102 Å². The van der Waals surface area contributed by atoms with Gasteiger partial charge in [0.25, 0.3) is 0 Å². The second-order valence-electron chi connectivity index (χ2n) is 4.34. The summed E-state index contributed by atoms with van der Waals surface area (Å²) in [4.78, 5) is 0. The molecule has 2 saturated heterocycles. The first kappa shape index (κ1) is 12.8. The van der Waals surface area contributed by atoms with E-state index in [2.05, 4.69) is 13.2 Å². The first-order valence-corrected chi connectivity index (χ1v) is 6.01. The van der Waals surface area contributed by atoms with Crippen LogP contribution in [0.25, 0.3) is 0 Å². The van der Waals surface area contributed by atoms with Crippen molar-refractivity contribution < 1.29 is 18.9 Å². The van der Waals surface area contributed by atoms with E-state index in [9.17, 15) is 0 Å². The number of rotatable bonds is 7. The van der Waals surface area contributed by atoms with Crippen molar-refractivity contribution in [3.05, 3.63) is 25.3 Å². The van der Waals surface area contributed by atoms with Crippen molar-refractivity contribution in [2.24, 2.45) is 5.92 Å². The maximum Gasteiger partial charge on any atom is 0.112 e. The minimum atomic E-state index is 0.0300. The molecule has 2 fully saturated rings. The molecule has 96 valence electrons. The summed E-state index contributed by atoms with van der Waals surface area (Å²) >= 11 is 0. The Morgan fingerprint density at radius 3 is 2.59 bits per heavy atom. The summed E-state index contributed by atoms with van der Waals surface area (Å²) < 4.78 is 22.6. The van der Waals surface area contributed by atoms with Crippen molar-refractivity contribution in [2.45, 2.75) is 18.3 Å². The van der Waals surface area contributed by atoms with Crippen LogP contribution >= 0.6 is 0 Å². The first-order chi connectivity index (χ1) is 8.36. The van der Waals surface area contributed by atoms with E-state index < -0.39 is 0 Å². The smallest absolute Gasteiger partial charge is 0.112 e. The van der Waals surface area contributed by atoms with Gasteiger partial charge in [-0.2, -0.15) is 0 Å². The fourth-order valence-electron chi connectivity index (χ4n) is 2.32. The normalized spacial score (nSPS) is 35.8. The molecule has 2 aliphatic heterocycles. The molecule has 4 atom stereocenters. The highest BCUT2D eigenvalue weighted by Gasteiger charge is 2.48. The number of ether oxygens (including phenoxy) is 4. The van der Waals surface area contributed by atoms with Crippen molar-refractivity contribution in [1.29, 1.82) is 0 Å². The number of fused-ring (bicyclic) bond motifs is 1. The molecule has 2 rings (SSSR count). The molecule has 0 spiro atoms. The second kappa shape index (κ2) is 6.31. The van der Waals surface area contributed by atoms with Gasteiger partial charge in [-0.3, -0.25) is 0 Å². The van der Waals surface area contributed by atoms with Crippen LogP contribution in [0.4, 0.5) is 0 Å². The summed E-state index contributed by atoms with van der Waals surface area (Å²) in [7, 11) is 0. The maximum absolute atomic E-state index is 5.74. The Morgan fingerprint density at radius 2 is 1.82 bits per heavy atom. The van der Waals surface area contributed by atoms with Crippen LogP contribution in [0.15, 0.2) is 25.3 Å². The molecule has 0 bridgehead atoms. The van der Waals surface area contributed by atoms with Gasteiger partial charge in [0.1, 0.15) is 12.2 Å². The maximum atomic E-state index is 5.74. The van der Waals surface area contributed by atoms with Crippen LogP contribution in [-0.4, -0.2) is 51.3 Å². The fraction of sp³-hybridized carbons (Fsp3) is 0.692. The molecule has 2 heterocycles. The summed E-state index contributed by atoms with van der Waals surface area (Å²) in [5.41, 5.74) is 0. The summed E-state index contributed by atoms with van der Waals surface area (Å²) in [6.07, 6.45) is 3.68. The highest BCUT2D eigenvalue weighted by Crippen LogP contribution is 2.32. The second-order valence-corrected chi connectivity index (χ2v) is 4.34. The molecule has 0 amide bonds. The van der Waals surface area contributed by atoms with E-state index >= 15 is 0 Å². The topological polar surface area (TPSA) is 36.9 Å². The van der Waals surface area contributed by atoms with Gasteiger partial charge in [-0.1, -0.05) is 12.2 Å². The molecule has 0 radical (unpaired) electrons. The zero-order valence-corrected chi connectivity index (χ0v) is 10.0. The highest BCUT2D eigenvalue weighted by molar-refractivity contribution is 4.95. The summed E-state index contributed by atoms with van der Waals surface area (Å²) in [6.45, 7) is 10.3. The Balaban J connectivity index is 1.79. The lowest BCUT2D eigenvalue weighted by Gasteiger charge is -2.16. The third-order valence-corrected chi connectivity index (χ3v) is 3.11. The Morgan fingerprint density at radius 1 is 1.06 bits per heavy atom. The van der Waals surface area contributed by atoms with Gasteiger partial charge in [-0.05, 0) is 0 Å². The zero-order valence-electron chi connectivity index (χ0n) is 10.0. The predicted molar refractivity (Wildman–Crippen MR) is 63.9 cm³/mol. The van der Waals surface area contributed by atoms with Crippen LogP contribution in [0.2, 0.25) is 0 Å². The Bertz CT molecular complexity index is 266. The molecule has 0 aromatic carbocycles. The highest BCUT2D eigenvalue weighted by atomic mass is 16.6. The van der Waals surface area contributed by atoms with E-state index in [1.165, 1.54) is 0 Å². The van der Waals surface area contributed by atoms with Crippen LogP contribution < -0.4 is 0 Å². The minimum Gasteiger partial charge on any atom is -0.377 e. The lowest BCUT2D eigenvalue weighted by atomic mass is 10.0. The van der Waals surface area contributed by atoms with Crippen LogP contribution in [0.3, 0.4) is 0 Å². The van der Waals surface area contributed by atoms with Gasteiger partial charge in [0.2, 0.25) is 0 Å². The lowest BCUT2D eigenvalue weighted by molar-refractivity contribution is -0.0248. The van der Waals surface area contributed by atoms with Crippen molar-refractivity contribution in [3.63, 3.8) is 0 Å². The van der Waals surface area contributed by atoms with Gasteiger partial charge in [0, 0.05) is 5.92 Å². The third kappa shape index (κ3) is 2.96. The average molecular weight is 240 g/mol. The number of hydrogen-bond donors (Lipinski definition) is 0. The quantitative estimate of drug-likeness (QED) is 0.494. The van der Waals surface area contributed by atoms with Gasteiger partial charge in [0.05, 0.1) is 39.1 Å². The van der Waals surface area contributed by atoms with Gasteiger partial charge >= 0.3 is 0 Å². The van der Waals surface area contributed by atoms with E-state index in [4.69, 9.17) is 18.9 Å². The molecular weight excluding hydrogens is 220 g/mol. The van der Waals surface area contributed by atoms with Crippen LogP contribution in [0.5, 0.6) is 0 Å². The molecule has 0 aromatic heterocycles. The van der Waals surface area contributed by atoms with Gasteiger partial charge in [0.15, 0.2) is 0 Å². The van der Waals surface area contributed by atoms with Gasteiger partial charge < -0.3 is 18.9 Å². The lowest BCUT2D eigenvalue weighted by Crippen LogP contribution is -2.32. The molecule has 0 aromatic rings. The average Bonchev–Trinajstić information content (AvgIpc) is 2.90. The third-order valence-electron chi connectivity index (χ3n) is 3.11. The van der Waals surface area contributed by atoms with Crippen molar-refractivity contribution >= 4 is 0 Å². The molecular formula is C13H20O4. The molecule has 4 nitrogen and oxygen atoms in total. The number of hydrogen-bond acceptors (Lipinski definition) is 4. The van der Waals surface area contributed by atoms with Crippen LogP contribution in [-0.2, 0) is 18.9 Å². The molecule has 1 unspecified atom stereocenters. The SMILES string of the molecule is C=CCOC[C@H]1CO[C@H]2C1OC[C@@H]2OCC=C. The Hall–Kier alpha value is -0.680. The fourth-order valence-corrected chi connectivity index (χ4v) is 2.32. The molecule has 0 aliphatic carbocycles. The summed E-state index contributed by atoms with van der Waals surface area (Å²) in [5, 5.41) is 0. The Kier molecular flexibility index (Phi) is 4.74. The summed E-state index contributed by atoms with van der Waals surface area (Å²) in [5.74, 6) is 0.303.